The zero-order chi connectivity index (χ0) is 18.7. The summed E-state index contributed by atoms with van der Waals surface area (Å²) in [4.78, 5) is 0.0961. The quantitative estimate of drug-likeness (QED) is 0.653. The van der Waals surface area contributed by atoms with E-state index in [0.29, 0.717) is 6.54 Å². The summed E-state index contributed by atoms with van der Waals surface area (Å²) in [6.45, 7) is 4.82. The van der Waals surface area contributed by atoms with E-state index in [0.717, 1.165) is 22.5 Å². The van der Waals surface area contributed by atoms with Gasteiger partial charge in [-0.05, 0) is 43.2 Å². The number of rotatable bonds is 6. The summed E-state index contributed by atoms with van der Waals surface area (Å²) >= 11 is 0. The first-order valence-electron chi connectivity index (χ1n) is 8.28. The second kappa shape index (κ2) is 7.31. The van der Waals surface area contributed by atoms with Crippen LogP contribution in [0.15, 0.2) is 59.5 Å². The highest BCUT2D eigenvalue weighted by Crippen LogP contribution is 2.17. The van der Waals surface area contributed by atoms with Crippen molar-refractivity contribution in [1.82, 2.24) is 14.5 Å². The Labute approximate surface area is 153 Å². The molecular weight excluding hydrogens is 348 g/mol. The van der Waals surface area contributed by atoms with Gasteiger partial charge < -0.3 is 5.73 Å². The van der Waals surface area contributed by atoms with Gasteiger partial charge in [0.15, 0.2) is 0 Å². The molecular formula is C19H22N4O2S. The number of para-hydroxylation sites is 1. The Hall–Kier alpha value is -2.64. The average molecular weight is 370 g/mol. The molecule has 0 fully saturated rings. The Kier molecular flexibility index (Phi) is 5.11. The zero-order valence-corrected chi connectivity index (χ0v) is 15.6. The van der Waals surface area contributed by atoms with E-state index in [1.54, 1.807) is 18.2 Å². The maximum absolute atomic E-state index is 12.4. The molecule has 0 aliphatic heterocycles. The van der Waals surface area contributed by atoms with E-state index in [4.69, 9.17) is 5.73 Å². The fourth-order valence-corrected chi connectivity index (χ4v) is 3.98. The van der Waals surface area contributed by atoms with E-state index < -0.39 is 10.0 Å². The molecule has 0 spiro atoms. The van der Waals surface area contributed by atoms with Crippen molar-refractivity contribution in [2.24, 2.45) is 0 Å². The molecule has 2 aromatic carbocycles. The van der Waals surface area contributed by atoms with Crippen molar-refractivity contribution in [3.05, 3.63) is 77.1 Å². The second-order valence-electron chi connectivity index (χ2n) is 6.27. The number of nitrogen functional groups attached to an aromatic ring is 1. The molecule has 0 atom stereocenters. The number of sulfonamides is 1. The minimum Gasteiger partial charge on any atom is -0.398 e. The molecule has 1 heterocycles. The van der Waals surface area contributed by atoms with Gasteiger partial charge in [-0.15, -0.1) is 0 Å². The lowest BCUT2D eigenvalue weighted by Crippen LogP contribution is -2.24. The van der Waals surface area contributed by atoms with E-state index in [2.05, 4.69) is 9.82 Å². The third-order valence-electron chi connectivity index (χ3n) is 4.10. The Balaban J connectivity index is 1.73. The SMILES string of the molecule is Cc1cc(C)n(Cc2cccc(CNS(=O)(=O)c3ccccc3N)c2)n1. The van der Waals surface area contributed by atoms with Crippen molar-refractivity contribution in [3.63, 3.8) is 0 Å². The normalized spacial score (nSPS) is 11.6. The van der Waals surface area contributed by atoms with Gasteiger partial charge in [-0.1, -0.05) is 36.4 Å². The van der Waals surface area contributed by atoms with Gasteiger partial charge in [-0.3, -0.25) is 4.68 Å². The third-order valence-corrected chi connectivity index (χ3v) is 5.58. The van der Waals surface area contributed by atoms with Crippen LogP contribution in [0.1, 0.15) is 22.5 Å². The van der Waals surface area contributed by atoms with Gasteiger partial charge in [0.2, 0.25) is 10.0 Å². The molecule has 0 saturated carbocycles. The standard InChI is InChI=1S/C19H22N4O2S/c1-14-10-15(2)23(22-14)13-17-7-5-6-16(11-17)12-21-26(24,25)19-9-4-3-8-18(19)20/h3-11,21H,12-13,20H2,1-2H3. The van der Waals surface area contributed by atoms with Crippen molar-refractivity contribution in [2.45, 2.75) is 31.8 Å². The van der Waals surface area contributed by atoms with Crippen LogP contribution < -0.4 is 10.5 Å². The van der Waals surface area contributed by atoms with Gasteiger partial charge in [-0.2, -0.15) is 5.10 Å². The fourth-order valence-electron chi connectivity index (χ4n) is 2.83. The molecule has 26 heavy (non-hydrogen) atoms. The summed E-state index contributed by atoms with van der Waals surface area (Å²) in [5.74, 6) is 0. The summed E-state index contributed by atoms with van der Waals surface area (Å²) in [6, 6.07) is 16.2. The molecule has 3 rings (SSSR count). The first-order valence-corrected chi connectivity index (χ1v) is 9.76. The Morgan fingerprint density at radius 2 is 1.77 bits per heavy atom. The summed E-state index contributed by atoms with van der Waals surface area (Å²) in [5, 5.41) is 4.46. The number of anilines is 1. The molecule has 0 bridgehead atoms. The van der Waals surface area contributed by atoms with Crippen LogP contribution in [-0.4, -0.2) is 18.2 Å². The Morgan fingerprint density at radius 1 is 1.04 bits per heavy atom. The molecule has 0 unspecified atom stereocenters. The van der Waals surface area contributed by atoms with E-state index in [1.165, 1.54) is 6.07 Å². The Morgan fingerprint density at radius 3 is 2.46 bits per heavy atom. The minimum absolute atomic E-state index is 0.0961. The molecule has 0 amide bonds. The monoisotopic (exact) mass is 370 g/mol. The van der Waals surface area contributed by atoms with Crippen LogP contribution >= 0.6 is 0 Å². The highest BCUT2D eigenvalue weighted by molar-refractivity contribution is 7.89. The highest BCUT2D eigenvalue weighted by atomic mass is 32.2. The van der Waals surface area contributed by atoms with Crippen molar-refractivity contribution in [2.75, 3.05) is 5.73 Å². The topological polar surface area (TPSA) is 90.0 Å². The maximum Gasteiger partial charge on any atom is 0.242 e. The molecule has 136 valence electrons. The molecule has 7 heteroatoms. The first-order chi connectivity index (χ1) is 12.3. The van der Waals surface area contributed by atoms with Crippen LogP contribution in [0.3, 0.4) is 0 Å². The number of hydrogen-bond acceptors (Lipinski definition) is 4. The number of nitrogens with one attached hydrogen (secondary N) is 1. The number of nitrogens with zero attached hydrogens (tertiary/aromatic N) is 2. The lowest BCUT2D eigenvalue weighted by molar-refractivity contribution is 0.581. The number of nitrogens with two attached hydrogens (primary N) is 1. The van der Waals surface area contributed by atoms with Crippen molar-refractivity contribution in [1.29, 1.82) is 0 Å². The molecule has 3 N–H and O–H groups in total. The zero-order valence-electron chi connectivity index (χ0n) is 14.8. The summed E-state index contributed by atoms with van der Waals surface area (Å²) in [5.41, 5.74) is 10.0. The minimum atomic E-state index is -3.66. The maximum atomic E-state index is 12.4. The molecule has 1 aromatic heterocycles. The van der Waals surface area contributed by atoms with E-state index in [1.807, 2.05) is 48.9 Å². The molecule has 0 saturated heterocycles. The third kappa shape index (κ3) is 4.12. The second-order valence-corrected chi connectivity index (χ2v) is 8.00. The van der Waals surface area contributed by atoms with Gasteiger partial charge in [0.25, 0.3) is 0 Å². The van der Waals surface area contributed by atoms with Gasteiger partial charge in [0.1, 0.15) is 4.90 Å². The Bertz CT molecular complexity index is 1030. The number of benzene rings is 2. The number of hydrogen-bond donors (Lipinski definition) is 2. The van der Waals surface area contributed by atoms with E-state index in [9.17, 15) is 8.42 Å². The smallest absolute Gasteiger partial charge is 0.242 e. The van der Waals surface area contributed by atoms with Crippen LogP contribution in [0.2, 0.25) is 0 Å². The first kappa shape index (κ1) is 18.2. The lowest BCUT2D eigenvalue weighted by Gasteiger charge is -2.10. The van der Waals surface area contributed by atoms with Crippen LogP contribution in [-0.2, 0) is 23.1 Å². The van der Waals surface area contributed by atoms with E-state index in [-0.39, 0.29) is 17.1 Å². The van der Waals surface area contributed by atoms with Gasteiger partial charge in [0, 0.05) is 12.2 Å². The van der Waals surface area contributed by atoms with Crippen LogP contribution in [0.25, 0.3) is 0 Å². The predicted octanol–water partition coefficient (Wildman–Crippen LogP) is 2.61. The molecule has 0 aliphatic carbocycles. The van der Waals surface area contributed by atoms with Crippen molar-refractivity contribution < 1.29 is 8.42 Å². The van der Waals surface area contributed by atoms with Gasteiger partial charge >= 0.3 is 0 Å². The summed E-state index contributed by atoms with van der Waals surface area (Å²) in [7, 11) is -3.66. The van der Waals surface area contributed by atoms with Crippen LogP contribution in [0, 0.1) is 13.8 Å². The van der Waals surface area contributed by atoms with Crippen molar-refractivity contribution >= 4 is 15.7 Å². The summed E-state index contributed by atoms with van der Waals surface area (Å²) in [6.07, 6.45) is 0. The molecule has 3 aromatic rings. The number of aryl methyl sites for hydroxylation is 2. The predicted molar refractivity (Wildman–Crippen MR) is 102 cm³/mol. The average Bonchev–Trinajstić information content (AvgIpc) is 2.91. The molecule has 0 aliphatic rings. The molecule has 0 radical (unpaired) electrons. The number of aromatic nitrogens is 2. The van der Waals surface area contributed by atoms with E-state index >= 15 is 0 Å². The summed E-state index contributed by atoms with van der Waals surface area (Å²) < 4.78 is 29.4. The largest absolute Gasteiger partial charge is 0.398 e. The molecule has 6 nitrogen and oxygen atoms in total. The lowest BCUT2D eigenvalue weighted by atomic mass is 10.1. The highest BCUT2D eigenvalue weighted by Gasteiger charge is 2.16. The van der Waals surface area contributed by atoms with Crippen LogP contribution in [0.5, 0.6) is 0 Å². The van der Waals surface area contributed by atoms with Gasteiger partial charge in [-0.25, -0.2) is 13.1 Å². The van der Waals surface area contributed by atoms with Crippen molar-refractivity contribution in [3.8, 4) is 0 Å². The fraction of sp³-hybridized carbons (Fsp3) is 0.211. The van der Waals surface area contributed by atoms with Gasteiger partial charge in [0.05, 0.1) is 17.9 Å². The van der Waals surface area contributed by atoms with Crippen LogP contribution in [0.4, 0.5) is 5.69 Å².